The zero-order valence-electron chi connectivity index (χ0n) is 10.0. The normalized spacial score (nSPS) is 11.8. The van der Waals surface area contributed by atoms with Gasteiger partial charge >= 0.3 is 0 Å². The maximum Gasteiger partial charge on any atom is 0.129 e. The van der Waals surface area contributed by atoms with E-state index in [0.717, 1.165) is 11.1 Å². The molecule has 0 spiro atoms. The molecule has 2 aromatic carbocycles. The molecule has 0 aliphatic heterocycles. The van der Waals surface area contributed by atoms with Gasteiger partial charge in [0.25, 0.3) is 0 Å². The molecule has 18 heavy (non-hydrogen) atoms. The lowest BCUT2D eigenvalue weighted by Crippen LogP contribution is -2.36. The van der Waals surface area contributed by atoms with Crippen molar-refractivity contribution in [1.82, 2.24) is 5.32 Å². The first-order chi connectivity index (χ1) is 8.75. The van der Waals surface area contributed by atoms with E-state index in [1.54, 1.807) is 0 Å². The third kappa shape index (κ3) is 3.43. The first-order valence-corrected chi connectivity index (χ1v) is 5.88. The van der Waals surface area contributed by atoms with Crippen LogP contribution in [0.1, 0.15) is 11.1 Å². The number of aliphatic hydroxyl groups excluding tert-OH is 1. The standard InChI is InChI=1S/C15H16N2O/c16-15(13-9-5-2-6-10-13)17-14(18)11-12-7-3-1-4-8-12/h1-10,14,18H,11H2,(H2,16,17). The fourth-order valence-electron chi connectivity index (χ4n) is 1.74. The smallest absolute Gasteiger partial charge is 0.129 e. The van der Waals surface area contributed by atoms with Crippen LogP contribution in [0.5, 0.6) is 0 Å². The molecule has 0 aliphatic rings. The largest absolute Gasteiger partial charge is 0.373 e. The highest BCUT2D eigenvalue weighted by atomic mass is 16.3. The molecule has 0 fully saturated rings. The van der Waals surface area contributed by atoms with Crippen LogP contribution in [-0.2, 0) is 6.42 Å². The summed E-state index contributed by atoms with van der Waals surface area (Å²) in [6.45, 7) is 0. The number of rotatable bonds is 4. The van der Waals surface area contributed by atoms with Gasteiger partial charge in [0.15, 0.2) is 0 Å². The molecule has 0 saturated carbocycles. The summed E-state index contributed by atoms with van der Waals surface area (Å²) in [6.07, 6.45) is -0.268. The Morgan fingerprint density at radius 3 is 2.17 bits per heavy atom. The van der Waals surface area contributed by atoms with Gasteiger partial charge in [-0.3, -0.25) is 5.41 Å². The van der Waals surface area contributed by atoms with Gasteiger partial charge in [-0.25, -0.2) is 0 Å². The van der Waals surface area contributed by atoms with Gasteiger partial charge in [0.2, 0.25) is 0 Å². The molecule has 0 radical (unpaired) electrons. The molecule has 1 atom stereocenters. The van der Waals surface area contributed by atoms with Crippen molar-refractivity contribution in [3.05, 3.63) is 71.8 Å². The lowest BCUT2D eigenvalue weighted by atomic mass is 10.1. The summed E-state index contributed by atoms with van der Waals surface area (Å²) in [5.74, 6) is 0.235. The van der Waals surface area contributed by atoms with Crippen molar-refractivity contribution in [2.24, 2.45) is 0 Å². The molecule has 3 heteroatoms. The molecule has 0 heterocycles. The monoisotopic (exact) mass is 240 g/mol. The molecule has 1 unspecified atom stereocenters. The number of benzene rings is 2. The number of amidine groups is 1. The minimum atomic E-state index is -0.750. The highest BCUT2D eigenvalue weighted by molar-refractivity contribution is 5.96. The molecular weight excluding hydrogens is 224 g/mol. The van der Waals surface area contributed by atoms with E-state index in [2.05, 4.69) is 5.32 Å². The summed E-state index contributed by atoms with van der Waals surface area (Å²) in [5, 5.41) is 20.5. The maximum absolute atomic E-state index is 9.88. The Bertz CT molecular complexity index is 496. The van der Waals surface area contributed by atoms with E-state index in [4.69, 9.17) is 5.41 Å². The second-order valence-electron chi connectivity index (χ2n) is 4.09. The van der Waals surface area contributed by atoms with E-state index in [1.807, 2.05) is 60.7 Å². The predicted octanol–water partition coefficient (Wildman–Crippen LogP) is 2.16. The van der Waals surface area contributed by atoms with Crippen LogP contribution < -0.4 is 5.32 Å². The van der Waals surface area contributed by atoms with Crippen molar-refractivity contribution >= 4 is 5.84 Å². The van der Waals surface area contributed by atoms with Crippen LogP contribution in [0.2, 0.25) is 0 Å². The highest BCUT2D eigenvalue weighted by Crippen LogP contribution is 2.03. The summed E-state index contributed by atoms with van der Waals surface area (Å²) in [7, 11) is 0. The average Bonchev–Trinajstić information content (AvgIpc) is 2.40. The topological polar surface area (TPSA) is 56.1 Å². The summed E-state index contributed by atoms with van der Waals surface area (Å²) < 4.78 is 0. The minimum absolute atomic E-state index is 0.235. The van der Waals surface area contributed by atoms with Crippen LogP contribution >= 0.6 is 0 Å². The van der Waals surface area contributed by atoms with E-state index in [-0.39, 0.29) is 5.84 Å². The van der Waals surface area contributed by atoms with Crippen LogP contribution in [0.3, 0.4) is 0 Å². The highest BCUT2D eigenvalue weighted by Gasteiger charge is 2.08. The molecule has 0 aliphatic carbocycles. The third-order valence-corrected chi connectivity index (χ3v) is 2.65. The molecule has 2 rings (SSSR count). The Labute approximate surface area is 107 Å². The zero-order valence-corrected chi connectivity index (χ0v) is 10.0. The fraction of sp³-hybridized carbons (Fsp3) is 0.133. The van der Waals surface area contributed by atoms with Crippen LogP contribution in [0.25, 0.3) is 0 Å². The van der Waals surface area contributed by atoms with Crippen LogP contribution in [0.4, 0.5) is 0 Å². The Hall–Kier alpha value is -2.13. The third-order valence-electron chi connectivity index (χ3n) is 2.65. The quantitative estimate of drug-likeness (QED) is 0.436. The Morgan fingerprint density at radius 2 is 1.56 bits per heavy atom. The van der Waals surface area contributed by atoms with E-state index >= 15 is 0 Å². The van der Waals surface area contributed by atoms with Crippen molar-refractivity contribution < 1.29 is 5.11 Å². The van der Waals surface area contributed by atoms with Gasteiger partial charge in [0.05, 0.1) is 0 Å². The summed E-state index contributed by atoms with van der Waals surface area (Å²) in [4.78, 5) is 0. The molecule has 0 saturated heterocycles. The SMILES string of the molecule is N=C(NC(O)Cc1ccccc1)c1ccccc1. The minimum Gasteiger partial charge on any atom is -0.373 e. The van der Waals surface area contributed by atoms with Crippen molar-refractivity contribution in [3.63, 3.8) is 0 Å². The first kappa shape index (κ1) is 12.3. The number of nitrogens with one attached hydrogen (secondary N) is 2. The van der Waals surface area contributed by atoms with E-state index in [0.29, 0.717) is 6.42 Å². The second kappa shape index (κ2) is 5.98. The Balaban J connectivity index is 1.92. The van der Waals surface area contributed by atoms with Crippen molar-refractivity contribution in [3.8, 4) is 0 Å². The molecule has 3 nitrogen and oxygen atoms in total. The van der Waals surface area contributed by atoms with E-state index < -0.39 is 6.23 Å². The van der Waals surface area contributed by atoms with Gasteiger partial charge in [-0.05, 0) is 5.56 Å². The van der Waals surface area contributed by atoms with Gasteiger partial charge in [0, 0.05) is 12.0 Å². The molecule has 0 bridgehead atoms. The van der Waals surface area contributed by atoms with Crippen molar-refractivity contribution in [2.75, 3.05) is 0 Å². The summed E-state index contributed by atoms with van der Waals surface area (Å²) >= 11 is 0. The Kier molecular flexibility index (Phi) is 4.10. The van der Waals surface area contributed by atoms with Crippen LogP contribution in [0, 0.1) is 5.41 Å². The maximum atomic E-state index is 9.88. The molecular formula is C15H16N2O. The van der Waals surface area contributed by atoms with Gasteiger partial charge in [-0.1, -0.05) is 60.7 Å². The lowest BCUT2D eigenvalue weighted by molar-refractivity contribution is 0.160. The fourth-order valence-corrected chi connectivity index (χ4v) is 1.74. The number of aliphatic hydroxyl groups is 1. The van der Waals surface area contributed by atoms with E-state index in [9.17, 15) is 5.11 Å². The van der Waals surface area contributed by atoms with Gasteiger partial charge in [-0.2, -0.15) is 0 Å². The summed E-state index contributed by atoms with van der Waals surface area (Å²) in [6, 6.07) is 19.0. The zero-order chi connectivity index (χ0) is 12.8. The molecule has 92 valence electrons. The van der Waals surface area contributed by atoms with Crippen LogP contribution in [-0.4, -0.2) is 17.2 Å². The van der Waals surface area contributed by atoms with Gasteiger partial charge < -0.3 is 10.4 Å². The number of hydrogen-bond donors (Lipinski definition) is 3. The van der Waals surface area contributed by atoms with Crippen molar-refractivity contribution in [2.45, 2.75) is 12.6 Å². The second-order valence-corrected chi connectivity index (χ2v) is 4.09. The van der Waals surface area contributed by atoms with Crippen molar-refractivity contribution in [1.29, 1.82) is 5.41 Å². The first-order valence-electron chi connectivity index (χ1n) is 5.88. The molecule has 2 aromatic rings. The molecule has 0 aromatic heterocycles. The molecule has 0 amide bonds. The summed E-state index contributed by atoms with van der Waals surface area (Å²) in [5.41, 5.74) is 1.81. The average molecular weight is 240 g/mol. The predicted molar refractivity (Wildman–Crippen MR) is 72.6 cm³/mol. The van der Waals surface area contributed by atoms with Gasteiger partial charge in [0.1, 0.15) is 12.1 Å². The molecule has 3 N–H and O–H groups in total. The van der Waals surface area contributed by atoms with E-state index in [1.165, 1.54) is 0 Å². The number of hydrogen-bond acceptors (Lipinski definition) is 2. The lowest BCUT2D eigenvalue weighted by Gasteiger charge is -2.15. The van der Waals surface area contributed by atoms with Gasteiger partial charge in [-0.15, -0.1) is 0 Å². The van der Waals surface area contributed by atoms with Crippen LogP contribution in [0.15, 0.2) is 60.7 Å². The Morgan fingerprint density at radius 1 is 1.00 bits per heavy atom.